The van der Waals surface area contributed by atoms with Crippen LogP contribution >= 0.6 is 0 Å². The second kappa shape index (κ2) is 8.32. The average molecular weight is 390 g/mol. The van der Waals surface area contributed by atoms with Crippen LogP contribution in [0.2, 0.25) is 0 Å². The van der Waals surface area contributed by atoms with Crippen molar-refractivity contribution in [1.29, 1.82) is 0 Å². The summed E-state index contributed by atoms with van der Waals surface area (Å²) in [6.45, 7) is 3.88. The van der Waals surface area contributed by atoms with Gasteiger partial charge in [0.15, 0.2) is 5.78 Å². The van der Waals surface area contributed by atoms with Crippen LogP contribution in [0.4, 0.5) is 5.69 Å². The minimum atomic E-state index is -4.00. The van der Waals surface area contributed by atoms with E-state index in [1.807, 2.05) is 19.9 Å². The van der Waals surface area contributed by atoms with Gasteiger partial charge >= 0.3 is 0 Å². The van der Waals surface area contributed by atoms with Gasteiger partial charge in [-0.2, -0.15) is 0 Å². The highest BCUT2D eigenvalue weighted by atomic mass is 32.2. The fraction of sp³-hybridized carbons (Fsp3) is 0.263. The summed E-state index contributed by atoms with van der Waals surface area (Å²) in [7, 11) is -2.68. The van der Waals surface area contributed by atoms with Crippen LogP contribution in [0.25, 0.3) is 0 Å². The molecule has 27 heavy (non-hydrogen) atoms. The number of sulfonamides is 1. The first-order chi connectivity index (χ1) is 12.6. The molecule has 0 bridgehead atoms. The molecular weight excluding hydrogens is 368 g/mol. The zero-order chi connectivity index (χ0) is 20.2. The largest absolute Gasteiger partial charge is 0.495 e. The Bertz CT molecular complexity index is 984. The number of nitrogens with two attached hydrogens (primary N) is 1. The maximum Gasteiger partial charge on any atom is 0.241 e. The van der Waals surface area contributed by atoms with Crippen LogP contribution in [0.5, 0.6) is 5.75 Å². The molecule has 0 saturated carbocycles. The molecule has 8 heteroatoms. The standard InChI is InChI=1S/C19H22N2O5S/c1-12-4-5-14(10-13(12)2)16(22)7-9-19(23)21-15-6-8-17(26-3)18(11-15)27(20,24)25/h4-6,8,10-11H,7,9H2,1-3H3,(H,21,23)(H2,20,24,25). The number of methoxy groups -OCH3 is 1. The van der Waals surface area contributed by atoms with Crippen molar-refractivity contribution in [2.24, 2.45) is 5.14 Å². The molecule has 0 fully saturated rings. The second-order valence-corrected chi connectivity index (χ2v) is 7.71. The second-order valence-electron chi connectivity index (χ2n) is 6.18. The van der Waals surface area contributed by atoms with E-state index in [0.29, 0.717) is 5.56 Å². The van der Waals surface area contributed by atoms with E-state index >= 15 is 0 Å². The lowest BCUT2D eigenvalue weighted by atomic mass is 10.0. The Morgan fingerprint density at radius 1 is 1.04 bits per heavy atom. The van der Waals surface area contributed by atoms with E-state index in [-0.39, 0.29) is 35.0 Å². The third-order valence-electron chi connectivity index (χ3n) is 4.16. The summed E-state index contributed by atoms with van der Waals surface area (Å²) in [6, 6.07) is 9.53. The fourth-order valence-electron chi connectivity index (χ4n) is 2.49. The number of ketones is 1. The average Bonchev–Trinajstić information content (AvgIpc) is 2.61. The number of carbonyl (C=O) groups excluding carboxylic acids is 2. The van der Waals surface area contributed by atoms with Gasteiger partial charge in [-0.1, -0.05) is 12.1 Å². The monoisotopic (exact) mass is 390 g/mol. The molecule has 0 aliphatic heterocycles. The summed E-state index contributed by atoms with van der Waals surface area (Å²) in [4.78, 5) is 24.1. The fourth-order valence-corrected chi connectivity index (χ4v) is 3.21. The molecule has 0 aromatic heterocycles. The lowest BCUT2D eigenvalue weighted by molar-refractivity contribution is -0.116. The third kappa shape index (κ3) is 5.38. The first kappa shape index (κ1) is 20.6. The minimum Gasteiger partial charge on any atom is -0.495 e. The van der Waals surface area contributed by atoms with Crippen molar-refractivity contribution in [1.82, 2.24) is 0 Å². The number of nitrogens with one attached hydrogen (secondary N) is 1. The van der Waals surface area contributed by atoms with E-state index in [2.05, 4.69) is 5.32 Å². The number of hydrogen-bond acceptors (Lipinski definition) is 5. The van der Waals surface area contributed by atoms with Crippen molar-refractivity contribution in [3.8, 4) is 5.75 Å². The summed E-state index contributed by atoms with van der Waals surface area (Å²) in [6.07, 6.45) is 0.0228. The molecule has 0 heterocycles. The SMILES string of the molecule is COc1ccc(NC(=O)CCC(=O)c2ccc(C)c(C)c2)cc1S(N)(=O)=O. The highest BCUT2D eigenvalue weighted by Crippen LogP contribution is 2.26. The summed E-state index contributed by atoms with van der Waals surface area (Å²) in [5.74, 6) is -0.452. The topological polar surface area (TPSA) is 116 Å². The van der Waals surface area contributed by atoms with Gasteiger partial charge in [0.05, 0.1) is 7.11 Å². The molecule has 0 spiro atoms. The minimum absolute atomic E-state index is 0.0253. The van der Waals surface area contributed by atoms with Gasteiger partial charge in [-0.15, -0.1) is 0 Å². The highest BCUT2D eigenvalue weighted by molar-refractivity contribution is 7.89. The van der Waals surface area contributed by atoms with Crippen molar-refractivity contribution < 1.29 is 22.7 Å². The van der Waals surface area contributed by atoms with Gasteiger partial charge in [0.1, 0.15) is 10.6 Å². The summed E-state index contributed by atoms with van der Waals surface area (Å²) < 4.78 is 28.2. The predicted octanol–water partition coefficient (Wildman–Crippen LogP) is 2.56. The van der Waals surface area contributed by atoms with E-state index in [9.17, 15) is 18.0 Å². The lowest BCUT2D eigenvalue weighted by Gasteiger charge is -2.10. The third-order valence-corrected chi connectivity index (χ3v) is 5.09. The lowest BCUT2D eigenvalue weighted by Crippen LogP contribution is -2.16. The van der Waals surface area contributed by atoms with Crippen molar-refractivity contribution in [2.45, 2.75) is 31.6 Å². The maximum absolute atomic E-state index is 12.2. The van der Waals surface area contributed by atoms with Gasteiger partial charge in [0.25, 0.3) is 0 Å². The van der Waals surface area contributed by atoms with E-state index in [4.69, 9.17) is 9.88 Å². The molecule has 0 aliphatic carbocycles. The number of Topliss-reactive ketones (excluding diaryl/α,β-unsaturated/α-hetero) is 1. The Balaban J connectivity index is 2.03. The van der Waals surface area contributed by atoms with Crippen LogP contribution in [0.1, 0.15) is 34.3 Å². The molecule has 0 unspecified atom stereocenters. The first-order valence-electron chi connectivity index (χ1n) is 8.23. The Morgan fingerprint density at radius 2 is 1.74 bits per heavy atom. The van der Waals surface area contributed by atoms with E-state index in [0.717, 1.165) is 11.1 Å². The van der Waals surface area contributed by atoms with Crippen molar-refractivity contribution in [2.75, 3.05) is 12.4 Å². The van der Waals surface area contributed by atoms with Crippen LogP contribution in [0, 0.1) is 13.8 Å². The molecule has 144 valence electrons. The van der Waals surface area contributed by atoms with Crippen molar-refractivity contribution >= 4 is 27.4 Å². The molecule has 1 amide bonds. The molecule has 0 aliphatic rings. The molecule has 0 atom stereocenters. The summed E-state index contributed by atoms with van der Waals surface area (Å²) in [5, 5.41) is 7.72. The van der Waals surface area contributed by atoms with Crippen LogP contribution in [0.15, 0.2) is 41.3 Å². The number of rotatable bonds is 7. The van der Waals surface area contributed by atoms with Gasteiger partial charge in [-0.25, -0.2) is 13.6 Å². The zero-order valence-electron chi connectivity index (χ0n) is 15.4. The van der Waals surface area contributed by atoms with Crippen LogP contribution < -0.4 is 15.2 Å². The van der Waals surface area contributed by atoms with Crippen LogP contribution in [-0.4, -0.2) is 27.2 Å². The van der Waals surface area contributed by atoms with E-state index in [1.54, 1.807) is 12.1 Å². The number of primary sulfonamides is 1. The van der Waals surface area contributed by atoms with Gasteiger partial charge < -0.3 is 10.1 Å². The smallest absolute Gasteiger partial charge is 0.241 e. The number of amides is 1. The summed E-state index contributed by atoms with van der Waals surface area (Å²) >= 11 is 0. The molecule has 7 nitrogen and oxygen atoms in total. The van der Waals surface area contributed by atoms with Crippen LogP contribution in [-0.2, 0) is 14.8 Å². The number of carbonyl (C=O) groups is 2. The van der Waals surface area contributed by atoms with Gasteiger partial charge in [0, 0.05) is 24.1 Å². The van der Waals surface area contributed by atoms with Gasteiger partial charge in [-0.05, 0) is 49.2 Å². The predicted molar refractivity (Wildman–Crippen MR) is 102 cm³/mol. The molecule has 3 N–H and O–H groups in total. The van der Waals surface area contributed by atoms with Gasteiger partial charge in [0.2, 0.25) is 15.9 Å². The highest BCUT2D eigenvalue weighted by Gasteiger charge is 2.17. The Hall–Kier alpha value is -2.71. The molecule has 2 rings (SSSR count). The Labute approximate surface area is 158 Å². The quantitative estimate of drug-likeness (QED) is 0.705. The Morgan fingerprint density at radius 3 is 2.33 bits per heavy atom. The number of ether oxygens (including phenoxy) is 1. The normalized spacial score (nSPS) is 11.1. The number of hydrogen-bond donors (Lipinski definition) is 2. The van der Waals surface area contributed by atoms with Gasteiger partial charge in [-0.3, -0.25) is 9.59 Å². The molecule has 0 saturated heterocycles. The van der Waals surface area contributed by atoms with E-state index < -0.39 is 15.9 Å². The maximum atomic E-state index is 12.2. The number of anilines is 1. The number of aryl methyl sites for hydroxylation is 2. The number of benzene rings is 2. The zero-order valence-corrected chi connectivity index (χ0v) is 16.2. The molecule has 0 radical (unpaired) electrons. The van der Waals surface area contributed by atoms with Crippen LogP contribution in [0.3, 0.4) is 0 Å². The Kier molecular flexibility index (Phi) is 6.35. The first-order valence-corrected chi connectivity index (χ1v) is 9.77. The molecular formula is C19H22N2O5S. The molecule has 2 aromatic carbocycles. The van der Waals surface area contributed by atoms with E-state index in [1.165, 1.54) is 25.3 Å². The van der Waals surface area contributed by atoms with Crippen molar-refractivity contribution in [3.05, 3.63) is 53.1 Å². The molecule has 2 aromatic rings. The van der Waals surface area contributed by atoms with Crippen molar-refractivity contribution in [3.63, 3.8) is 0 Å². The summed E-state index contributed by atoms with van der Waals surface area (Å²) in [5.41, 5.74) is 2.92.